The zero-order valence-corrected chi connectivity index (χ0v) is 9.14. The van der Waals surface area contributed by atoms with Gasteiger partial charge in [0, 0.05) is 28.0 Å². The van der Waals surface area contributed by atoms with Crippen LogP contribution in [0.5, 0.6) is 0 Å². The molecular formula is C10H10ClNOS. The topological polar surface area (TPSA) is 40.9 Å². The van der Waals surface area contributed by atoms with Gasteiger partial charge in [-0.3, -0.25) is 4.21 Å². The summed E-state index contributed by atoms with van der Waals surface area (Å²) in [4.78, 5) is 0. The lowest BCUT2D eigenvalue weighted by atomic mass is 10.2. The first-order valence-corrected chi connectivity index (χ1v) is 6.06. The van der Waals surface area contributed by atoms with Gasteiger partial charge in [0.25, 0.3) is 0 Å². The predicted octanol–water partition coefficient (Wildman–Crippen LogP) is 2.50. The molecule has 0 aliphatic carbocycles. The number of nitrogens with zero attached hydrogens (tertiary/aromatic N) is 1. The first-order valence-electron chi connectivity index (χ1n) is 4.19. The summed E-state index contributed by atoms with van der Waals surface area (Å²) in [5.74, 6) is 0.850. The van der Waals surface area contributed by atoms with Crippen molar-refractivity contribution in [1.82, 2.24) is 0 Å². The van der Waals surface area contributed by atoms with E-state index >= 15 is 0 Å². The van der Waals surface area contributed by atoms with Crippen LogP contribution >= 0.6 is 11.6 Å². The SMILES string of the molecule is N#CCCS(=O)Cc1ccccc1Cl. The molecule has 0 saturated carbocycles. The Labute approximate surface area is 91.0 Å². The average molecular weight is 228 g/mol. The third-order valence-corrected chi connectivity index (χ3v) is 3.38. The van der Waals surface area contributed by atoms with E-state index in [2.05, 4.69) is 0 Å². The van der Waals surface area contributed by atoms with E-state index < -0.39 is 10.8 Å². The maximum Gasteiger partial charge on any atom is 0.0631 e. The molecule has 1 atom stereocenters. The Morgan fingerprint density at radius 2 is 2.14 bits per heavy atom. The molecular weight excluding hydrogens is 218 g/mol. The average Bonchev–Trinajstić information content (AvgIpc) is 2.18. The van der Waals surface area contributed by atoms with Gasteiger partial charge in [-0.05, 0) is 11.6 Å². The summed E-state index contributed by atoms with van der Waals surface area (Å²) in [6.07, 6.45) is 0.330. The first-order chi connectivity index (χ1) is 6.74. The van der Waals surface area contributed by atoms with Gasteiger partial charge in [-0.1, -0.05) is 29.8 Å². The molecule has 1 rings (SSSR count). The molecule has 0 bridgehead atoms. The molecule has 0 aliphatic heterocycles. The Balaban J connectivity index is 2.57. The summed E-state index contributed by atoms with van der Waals surface area (Å²) in [5, 5.41) is 8.96. The molecule has 1 aromatic carbocycles. The fourth-order valence-electron chi connectivity index (χ4n) is 1.02. The number of nitriles is 1. The molecule has 0 saturated heterocycles. The van der Waals surface area contributed by atoms with E-state index in [0.717, 1.165) is 5.56 Å². The van der Waals surface area contributed by atoms with Crippen LogP contribution in [0.2, 0.25) is 5.02 Å². The van der Waals surface area contributed by atoms with Crippen LogP contribution in [0.3, 0.4) is 0 Å². The lowest BCUT2D eigenvalue weighted by Gasteiger charge is -2.02. The van der Waals surface area contributed by atoms with Gasteiger partial charge in [-0.15, -0.1) is 0 Å². The molecule has 1 unspecified atom stereocenters. The van der Waals surface area contributed by atoms with Crippen LogP contribution in [0.15, 0.2) is 24.3 Å². The van der Waals surface area contributed by atoms with E-state index in [1.165, 1.54) is 0 Å². The molecule has 74 valence electrons. The summed E-state index contributed by atoms with van der Waals surface area (Å²) < 4.78 is 11.4. The van der Waals surface area contributed by atoms with E-state index in [0.29, 0.717) is 22.9 Å². The van der Waals surface area contributed by atoms with E-state index in [1.54, 1.807) is 6.07 Å². The second-order valence-corrected chi connectivity index (χ2v) is 4.77. The van der Waals surface area contributed by atoms with E-state index in [4.69, 9.17) is 16.9 Å². The standard InChI is InChI=1S/C10H10ClNOS/c11-10-5-2-1-4-9(10)8-14(13)7-3-6-12/h1-2,4-5H,3,7-8H2. The van der Waals surface area contributed by atoms with Gasteiger partial charge in [0.1, 0.15) is 0 Å². The van der Waals surface area contributed by atoms with Gasteiger partial charge >= 0.3 is 0 Å². The smallest absolute Gasteiger partial charge is 0.0631 e. The largest absolute Gasteiger partial charge is 0.259 e. The number of rotatable bonds is 4. The highest BCUT2D eigenvalue weighted by Crippen LogP contribution is 2.16. The molecule has 4 heteroatoms. The van der Waals surface area contributed by atoms with Crippen LogP contribution in [0.4, 0.5) is 0 Å². The van der Waals surface area contributed by atoms with Gasteiger partial charge in [0.2, 0.25) is 0 Å². The van der Waals surface area contributed by atoms with Crippen LogP contribution in [0.1, 0.15) is 12.0 Å². The number of benzene rings is 1. The number of halogens is 1. The van der Waals surface area contributed by atoms with Crippen LogP contribution in [0, 0.1) is 11.3 Å². The van der Waals surface area contributed by atoms with E-state index in [1.807, 2.05) is 24.3 Å². The van der Waals surface area contributed by atoms with Crippen molar-refractivity contribution in [1.29, 1.82) is 5.26 Å². The molecule has 0 aromatic heterocycles. The van der Waals surface area contributed by atoms with Crippen LogP contribution in [-0.2, 0) is 16.6 Å². The van der Waals surface area contributed by atoms with Gasteiger partial charge in [-0.25, -0.2) is 0 Å². The van der Waals surface area contributed by atoms with Crippen LogP contribution in [-0.4, -0.2) is 9.96 Å². The van der Waals surface area contributed by atoms with Crippen molar-refractivity contribution in [3.8, 4) is 6.07 Å². The fraction of sp³-hybridized carbons (Fsp3) is 0.300. The minimum atomic E-state index is -0.988. The molecule has 0 amide bonds. The zero-order chi connectivity index (χ0) is 10.4. The Hall–Kier alpha value is -0.850. The van der Waals surface area contributed by atoms with Crippen molar-refractivity contribution >= 4 is 22.4 Å². The highest BCUT2D eigenvalue weighted by molar-refractivity contribution is 7.84. The summed E-state index contributed by atoms with van der Waals surface area (Å²) in [5.41, 5.74) is 0.880. The molecule has 0 fully saturated rings. The zero-order valence-electron chi connectivity index (χ0n) is 7.57. The Morgan fingerprint density at radius 3 is 2.79 bits per heavy atom. The Morgan fingerprint density at radius 1 is 1.43 bits per heavy atom. The molecule has 14 heavy (non-hydrogen) atoms. The van der Waals surface area contributed by atoms with Crippen LogP contribution in [0.25, 0.3) is 0 Å². The summed E-state index contributed by atoms with van der Waals surface area (Å²) in [6, 6.07) is 9.30. The number of hydrogen-bond acceptors (Lipinski definition) is 2. The first kappa shape index (κ1) is 11.2. The second kappa shape index (κ2) is 5.79. The van der Waals surface area contributed by atoms with E-state index in [-0.39, 0.29) is 0 Å². The summed E-state index contributed by atoms with van der Waals surface area (Å²) in [6.45, 7) is 0. The number of hydrogen-bond donors (Lipinski definition) is 0. The van der Waals surface area contributed by atoms with Gasteiger partial charge in [-0.2, -0.15) is 5.26 Å². The minimum Gasteiger partial charge on any atom is -0.259 e. The van der Waals surface area contributed by atoms with Crippen molar-refractivity contribution < 1.29 is 4.21 Å². The van der Waals surface area contributed by atoms with Gasteiger partial charge < -0.3 is 0 Å². The molecule has 0 spiro atoms. The summed E-state index contributed by atoms with van der Waals surface area (Å²) in [7, 11) is -0.988. The van der Waals surface area contributed by atoms with Crippen molar-refractivity contribution in [3.63, 3.8) is 0 Å². The molecule has 0 heterocycles. The molecule has 0 N–H and O–H groups in total. The second-order valence-electron chi connectivity index (χ2n) is 2.79. The van der Waals surface area contributed by atoms with Crippen molar-refractivity contribution in [2.45, 2.75) is 12.2 Å². The normalized spacial score (nSPS) is 12.0. The van der Waals surface area contributed by atoms with Crippen molar-refractivity contribution in [2.24, 2.45) is 0 Å². The monoisotopic (exact) mass is 227 g/mol. The van der Waals surface area contributed by atoms with Crippen molar-refractivity contribution in [2.75, 3.05) is 5.75 Å². The lowest BCUT2D eigenvalue weighted by molar-refractivity contribution is 0.682. The van der Waals surface area contributed by atoms with Crippen LogP contribution < -0.4 is 0 Å². The third-order valence-electron chi connectivity index (χ3n) is 1.72. The molecule has 1 aromatic rings. The van der Waals surface area contributed by atoms with Crippen molar-refractivity contribution in [3.05, 3.63) is 34.9 Å². The molecule has 0 aliphatic rings. The maximum atomic E-state index is 11.4. The Kier molecular flexibility index (Phi) is 4.64. The van der Waals surface area contributed by atoms with E-state index in [9.17, 15) is 4.21 Å². The predicted molar refractivity (Wildman–Crippen MR) is 58.4 cm³/mol. The van der Waals surface area contributed by atoms with Gasteiger partial charge in [0.15, 0.2) is 0 Å². The fourth-order valence-corrected chi connectivity index (χ4v) is 2.36. The highest BCUT2D eigenvalue weighted by Gasteiger charge is 2.04. The molecule has 0 radical (unpaired) electrons. The Bertz CT molecular complexity index is 373. The molecule has 2 nitrogen and oxygen atoms in total. The quantitative estimate of drug-likeness (QED) is 0.793. The third kappa shape index (κ3) is 3.49. The van der Waals surface area contributed by atoms with Gasteiger partial charge in [0.05, 0.1) is 11.8 Å². The highest BCUT2D eigenvalue weighted by atomic mass is 35.5. The maximum absolute atomic E-state index is 11.4. The minimum absolute atomic E-state index is 0.330. The lowest BCUT2D eigenvalue weighted by Crippen LogP contribution is -2.00. The summed E-state index contributed by atoms with van der Waals surface area (Å²) >= 11 is 5.90.